The Hall–Kier alpha value is -2.88. The molecule has 2 rings (SSSR count). The molecule has 0 spiro atoms. The molecule has 150 valence electrons. The summed E-state index contributed by atoms with van der Waals surface area (Å²) in [5.41, 5.74) is 3.35. The number of likely N-dealkylation sites (N-methyl/N-ethyl adjacent to an activating group) is 1. The van der Waals surface area contributed by atoms with E-state index >= 15 is 0 Å². The average molecular weight is 379 g/mol. The van der Waals surface area contributed by atoms with Crippen LogP contribution in [-0.4, -0.2) is 25.2 Å². The first-order chi connectivity index (χ1) is 13.5. The van der Waals surface area contributed by atoms with Gasteiger partial charge in [0.15, 0.2) is 0 Å². The second-order valence-corrected chi connectivity index (χ2v) is 6.95. The monoisotopic (exact) mass is 378 g/mol. The van der Waals surface area contributed by atoms with Gasteiger partial charge in [0.25, 0.3) is 0 Å². The van der Waals surface area contributed by atoms with E-state index in [0.717, 1.165) is 58.7 Å². The Morgan fingerprint density at radius 2 is 1.96 bits per heavy atom. The molecule has 1 atom stereocenters. The highest BCUT2D eigenvalue weighted by Gasteiger charge is 2.18. The van der Waals surface area contributed by atoms with Gasteiger partial charge in [-0.2, -0.15) is 0 Å². The number of rotatable bonds is 11. The number of nitrogens with one attached hydrogen (secondary N) is 3. The fourth-order valence-electron chi connectivity index (χ4n) is 3.63. The summed E-state index contributed by atoms with van der Waals surface area (Å²) < 4.78 is 2.21. The van der Waals surface area contributed by atoms with Crippen LogP contribution in [0.15, 0.2) is 54.9 Å². The molecule has 0 aliphatic rings. The Balaban J connectivity index is 2.55. The Labute approximate surface area is 169 Å². The highest BCUT2D eigenvalue weighted by Crippen LogP contribution is 2.23. The molecule has 2 aromatic rings. The van der Waals surface area contributed by atoms with Gasteiger partial charge in [-0.3, -0.25) is 0 Å². The highest BCUT2D eigenvalue weighted by molar-refractivity contribution is 5.94. The van der Waals surface area contributed by atoms with Crippen molar-refractivity contribution in [3.63, 3.8) is 0 Å². The molecule has 0 bridgehead atoms. The highest BCUT2D eigenvalue weighted by atomic mass is 15.1. The summed E-state index contributed by atoms with van der Waals surface area (Å²) >= 11 is 0. The number of aromatic nitrogens is 1. The minimum atomic E-state index is 0.0821. The van der Waals surface area contributed by atoms with Crippen molar-refractivity contribution in [1.82, 2.24) is 15.2 Å². The van der Waals surface area contributed by atoms with Crippen LogP contribution < -0.4 is 26.6 Å². The maximum absolute atomic E-state index is 4.42. The first-order valence-corrected chi connectivity index (χ1v) is 9.87. The summed E-state index contributed by atoms with van der Waals surface area (Å²) in [6.45, 7) is 19.8. The predicted molar refractivity (Wildman–Crippen MR) is 125 cm³/mol. The molecule has 0 fully saturated rings. The molecule has 0 saturated carbocycles. The van der Waals surface area contributed by atoms with Gasteiger partial charge in [0.05, 0.1) is 6.04 Å². The number of benzene rings is 1. The molecular formula is C24H34N4. The van der Waals surface area contributed by atoms with Gasteiger partial charge >= 0.3 is 0 Å². The smallest absolute Gasteiger partial charge is 0.0734 e. The summed E-state index contributed by atoms with van der Waals surface area (Å²) in [7, 11) is 3.84. The molecule has 1 unspecified atom stereocenters. The first-order valence-electron chi connectivity index (χ1n) is 9.87. The lowest BCUT2D eigenvalue weighted by atomic mass is 10.1. The van der Waals surface area contributed by atoms with Crippen LogP contribution in [0.1, 0.15) is 32.2 Å². The number of hydrogen-bond acceptors (Lipinski definition) is 3. The average Bonchev–Trinajstić information content (AvgIpc) is 2.96. The van der Waals surface area contributed by atoms with Crippen LogP contribution in [0.25, 0.3) is 23.9 Å². The van der Waals surface area contributed by atoms with E-state index in [0.29, 0.717) is 0 Å². The van der Waals surface area contributed by atoms with Crippen LogP contribution in [0.2, 0.25) is 0 Å². The number of allylic oxidation sites excluding steroid dienone is 2. The number of nitrogens with zero attached hydrogens (tertiary/aromatic N) is 1. The Morgan fingerprint density at radius 1 is 1.21 bits per heavy atom. The summed E-state index contributed by atoms with van der Waals surface area (Å²) in [5.74, 6) is 0. The number of anilines is 1. The maximum Gasteiger partial charge on any atom is 0.0734 e. The third-order valence-corrected chi connectivity index (χ3v) is 5.23. The standard InChI is InChI=1S/C24H34N4/c1-8-10-14-23(17(3)26-7)28-18(4)21-12-11-13-22(24(21)19(28)5)27-16-20(9-2)15-25-6/h8,11-13,15,23,25-27H,1,3-5,9-10,14,16H2,2,6-7H3/b20-15+. The lowest BCUT2D eigenvalue weighted by molar-refractivity contribution is 0.499. The lowest BCUT2D eigenvalue weighted by Crippen LogP contribution is -2.33. The minimum absolute atomic E-state index is 0.0821. The molecular weight excluding hydrogens is 344 g/mol. The van der Waals surface area contributed by atoms with Gasteiger partial charge in [-0.1, -0.05) is 44.9 Å². The molecule has 28 heavy (non-hydrogen) atoms. The molecule has 1 aromatic carbocycles. The van der Waals surface area contributed by atoms with Crippen molar-refractivity contribution in [1.29, 1.82) is 0 Å². The second kappa shape index (κ2) is 9.88. The van der Waals surface area contributed by atoms with E-state index < -0.39 is 0 Å². The van der Waals surface area contributed by atoms with Crippen LogP contribution in [0.5, 0.6) is 0 Å². The fourth-order valence-corrected chi connectivity index (χ4v) is 3.63. The Bertz CT molecular complexity index is 965. The third-order valence-electron chi connectivity index (χ3n) is 5.23. The minimum Gasteiger partial charge on any atom is -0.394 e. The number of fused-ring (bicyclic) bond motifs is 1. The summed E-state index contributed by atoms with van der Waals surface area (Å²) in [5, 5.41) is 14.1. The zero-order chi connectivity index (χ0) is 20.7. The van der Waals surface area contributed by atoms with E-state index in [1.807, 2.05) is 20.2 Å². The number of hydrogen-bond donors (Lipinski definition) is 3. The molecule has 0 amide bonds. The van der Waals surface area contributed by atoms with Crippen LogP contribution in [0.4, 0.5) is 5.69 Å². The summed E-state index contributed by atoms with van der Waals surface area (Å²) in [4.78, 5) is 0. The van der Waals surface area contributed by atoms with Crippen molar-refractivity contribution in [2.24, 2.45) is 0 Å². The van der Waals surface area contributed by atoms with Gasteiger partial charge in [0.1, 0.15) is 0 Å². The van der Waals surface area contributed by atoms with E-state index in [4.69, 9.17) is 0 Å². The molecule has 0 saturated heterocycles. The quantitative estimate of drug-likeness (QED) is 0.523. The van der Waals surface area contributed by atoms with Gasteiger partial charge in [-0.15, -0.1) is 6.58 Å². The molecule has 1 aromatic heterocycles. The molecule has 0 aliphatic heterocycles. The van der Waals surface area contributed by atoms with E-state index in [1.54, 1.807) is 0 Å². The lowest BCUT2D eigenvalue weighted by Gasteiger charge is -2.22. The Morgan fingerprint density at radius 3 is 2.57 bits per heavy atom. The largest absolute Gasteiger partial charge is 0.394 e. The van der Waals surface area contributed by atoms with Gasteiger partial charge in [-0.05, 0) is 37.1 Å². The van der Waals surface area contributed by atoms with Crippen LogP contribution in [-0.2, 0) is 0 Å². The van der Waals surface area contributed by atoms with E-state index in [1.165, 1.54) is 5.57 Å². The van der Waals surface area contributed by atoms with Crippen molar-refractivity contribution < 1.29 is 0 Å². The zero-order valence-electron chi connectivity index (χ0n) is 17.6. The summed E-state index contributed by atoms with van der Waals surface area (Å²) in [6.07, 6.45) is 6.80. The van der Waals surface area contributed by atoms with E-state index in [2.05, 4.69) is 78.2 Å². The van der Waals surface area contributed by atoms with Crippen molar-refractivity contribution >= 4 is 29.6 Å². The third kappa shape index (κ3) is 4.33. The molecule has 3 N–H and O–H groups in total. The zero-order valence-corrected chi connectivity index (χ0v) is 17.6. The molecule has 4 nitrogen and oxygen atoms in total. The van der Waals surface area contributed by atoms with Gasteiger partial charge in [-0.25, -0.2) is 0 Å². The Kier molecular flexibility index (Phi) is 7.56. The van der Waals surface area contributed by atoms with Crippen LogP contribution in [0.3, 0.4) is 0 Å². The topological polar surface area (TPSA) is 41.0 Å². The molecule has 4 heteroatoms. The molecule has 1 heterocycles. The first kappa shape index (κ1) is 21.4. The van der Waals surface area contributed by atoms with E-state index in [9.17, 15) is 0 Å². The summed E-state index contributed by atoms with van der Waals surface area (Å²) in [6, 6.07) is 6.38. The second-order valence-electron chi connectivity index (χ2n) is 6.95. The van der Waals surface area contributed by atoms with Crippen molar-refractivity contribution in [2.75, 3.05) is 26.0 Å². The normalized spacial score (nSPS) is 12.6. The van der Waals surface area contributed by atoms with E-state index in [-0.39, 0.29) is 6.04 Å². The SMILES string of the molecule is C=CCCC(C(=C)NC)n1c(=C)c2cccc(NC/C(=C/NC)CC)c2c1=C. The fraction of sp³-hybridized carbons (Fsp3) is 0.333. The van der Waals surface area contributed by atoms with Crippen molar-refractivity contribution in [3.05, 3.63) is 65.6 Å². The molecule has 0 radical (unpaired) electrons. The van der Waals surface area contributed by atoms with Gasteiger partial charge in [0, 0.05) is 53.5 Å². The van der Waals surface area contributed by atoms with Crippen molar-refractivity contribution in [3.8, 4) is 0 Å². The van der Waals surface area contributed by atoms with Crippen molar-refractivity contribution in [2.45, 2.75) is 32.2 Å². The predicted octanol–water partition coefficient (Wildman–Crippen LogP) is 3.63. The van der Waals surface area contributed by atoms with Gasteiger partial charge < -0.3 is 20.5 Å². The van der Waals surface area contributed by atoms with Crippen LogP contribution >= 0.6 is 0 Å². The maximum atomic E-state index is 4.42. The van der Waals surface area contributed by atoms with Crippen LogP contribution in [0, 0.1) is 0 Å². The molecule has 0 aliphatic carbocycles. The van der Waals surface area contributed by atoms with Gasteiger partial charge in [0.2, 0.25) is 0 Å².